The molecule has 0 saturated heterocycles. The van der Waals surface area contributed by atoms with Crippen LogP contribution in [-0.2, 0) is 11.3 Å². The zero-order valence-corrected chi connectivity index (χ0v) is 21.2. The molecule has 7 atom stereocenters. The van der Waals surface area contributed by atoms with Crippen LogP contribution in [0.25, 0.3) is 0 Å². The molecule has 2 aliphatic rings. The summed E-state index contributed by atoms with van der Waals surface area (Å²) in [5.41, 5.74) is 1.40. The summed E-state index contributed by atoms with van der Waals surface area (Å²) in [4.78, 5) is 35.9. The van der Waals surface area contributed by atoms with E-state index in [2.05, 4.69) is 29.1 Å². The van der Waals surface area contributed by atoms with E-state index in [4.69, 9.17) is 0 Å². The Kier molecular flexibility index (Phi) is 7.55. The van der Waals surface area contributed by atoms with Crippen molar-refractivity contribution in [3.63, 3.8) is 0 Å². The highest BCUT2D eigenvalue weighted by Crippen LogP contribution is 2.55. The third kappa shape index (κ3) is 5.25. The van der Waals surface area contributed by atoms with E-state index < -0.39 is 6.10 Å². The van der Waals surface area contributed by atoms with Crippen LogP contribution in [0, 0.1) is 29.1 Å². The van der Waals surface area contributed by atoms with Crippen molar-refractivity contribution in [1.29, 1.82) is 0 Å². The second-order valence-electron chi connectivity index (χ2n) is 10.9. The number of aliphatic hydroxyl groups is 1. The SMILES string of the molecule is C[C@@H]1[C@@H]2[C@@H](O)[C@H]([C@H](C)C(=O)N(C)Cc3ccccc3)CC[C@]2(C)CC[C@@H]1NC(=O)c1cnccn1. The minimum absolute atomic E-state index is 0.00181. The Labute approximate surface area is 208 Å². The third-order valence-corrected chi connectivity index (χ3v) is 8.67. The van der Waals surface area contributed by atoms with Crippen molar-refractivity contribution in [2.75, 3.05) is 7.05 Å². The number of hydrogen-bond donors (Lipinski definition) is 2. The molecule has 1 aromatic carbocycles. The van der Waals surface area contributed by atoms with Crippen LogP contribution in [0.4, 0.5) is 0 Å². The summed E-state index contributed by atoms with van der Waals surface area (Å²) in [6, 6.07) is 9.92. The zero-order valence-electron chi connectivity index (χ0n) is 21.2. The van der Waals surface area contributed by atoms with Crippen LogP contribution in [0.2, 0.25) is 0 Å². The molecule has 7 heteroatoms. The first-order chi connectivity index (χ1) is 16.7. The first-order valence-corrected chi connectivity index (χ1v) is 12.7. The van der Waals surface area contributed by atoms with Crippen molar-refractivity contribution in [1.82, 2.24) is 20.2 Å². The lowest BCUT2D eigenvalue weighted by Crippen LogP contribution is -2.58. The lowest BCUT2D eigenvalue weighted by atomic mass is 9.51. The molecule has 0 bridgehead atoms. The van der Waals surface area contributed by atoms with Gasteiger partial charge in [0.2, 0.25) is 5.91 Å². The van der Waals surface area contributed by atoms with Crippen LogP contribution in [0.15, 0.2) is 48.9 Å². The number of benzene rings is 1. The Morgan fingerprint density at radius 2 is 1.91 bits per heavy atom. The molecule has 1 heterocycles. The van der Waals surface area contributed by atoms with E-state index in [-0.39, 0.29) is 46.9 Å². The van der Waals surface area contributed by atoms with Gasteiger partial charge in [0.25, 0.3) is 5.91 Å². The fourth-order valence-electron chi connectivity index (χ4n) is 6.62. The van der Waals surface area contributed by atoms with Gasteiger partial charge in [-0.2, -0.15) is 0 Å². The standard InChI is InChI=1S/C28H38N4O3/c1-18(27(35)32(4)17-20-8-6-5-7-9-20)21-10-12-28(3)13-11-22(19(2)24(28)25(21)33)31-26(34)23-16-29-14-15-30-23/h5-9,14-16,18-19,21-22,24-25,33H,10-13,17H2,1-4H3,(H,31,34)/t18-,19-,21-,22-,24+,25-,28+/m0/s1. The molecule has 188 valence electrons. The topological polar surface area (TPSA) is 95.4 Å². The molecule has 2 N–H and O–H groups in total. The number of rotatable bonds is 6. The summed E-state index contributed by atoms with van der Waals surface area (Å²) < 4.78 is 0. The molecule has 4 rings (SSSR count). The maximum Gasteiger partial charge on any atom is 0.271 e. The lowest BCUT2D eigenvalue weighted by molar-refractivity contribution is -0.149. The van der Waals surface area contributed by atoms with Crippen molar-refractivity contribution in [2.24, 2.45) is 29.1 Å². The van der Waals surface area contributed by atoms with Gasteiger partial charge in [0, 0.05) is 37.9 Å². The van der Waals surface area contributed by atoms with Gasteiger partial charge in [0.15, 0.2) is 0 Å². The Morgan fingerprint density at radius 3 is 2.60 bits per heavy atom. The minimum atomic E-state index is -0.593. The van der Waals surface area contributed by atoms with E-state index in [0.29, 0.717) is 12.2 Å². The number of nitrogens with one attached hydrogen (secondary N) is 1. The van der Waals surface area contributed by atoms with Gasteiger partial charge >= 0.3 is 0 Å². The van der Waals surface area contributed by atoms with Crippen LogP contribution in [0.3, 0.4) is 0 Å². The summed E-state index contributed by atoms with van der Waals surface area (Å²) in [6.45, 7) is 6.91. The molecule has 2 fully saturated rings. The number of amides is 2. The van der Waals surface area contributed by atoms with E-state index in [0.717, 1.165) is 31.2 Å². The molecule has 2 amide bonds. The molecule has 2 aromatic rings. The molecular formula is C28H38N4O3. The van der Waals surface area contributed by atoms with E-state index in [1.165, 1.54) is 12.4 Å². The molecule has 0 spiro atoms. The number of carbonyl (C=O) groups excluding carboxylic acids is 2. The fourth-order valence-corrected chi connectivity index (χ4v) is 6.62. The number of carbonyl (C=O) groups is 2. The second kappa shape index (κ2) is 10.4. The van der Waals surface area contributed by atoms with E-state index in [1.54, 1.807) is 11.1 Å². The van der Waals surface area contributed by atoms with Gasteiger partial charge in [0.05, 0.1) is 12.3 Å². The monoisotopic (exact) mass is 478 g/mol. The van der Waals surface area contributed by atoms with Crippen LogP contribution in [-0.4, -0.2) is 51.0 Å². The van der Waals surface area contributed by atoms with Crippen molar-refractivity contribution in [3.05, 3.63) is 60.2 Å². The third-order valence-electron chi connectivity index (χ3n) is 8.67. The average Bonchev–Trinajstić information content (AvgIpc) is 2.86. The molecule has 1 aromatic heterocycles. The fraction of sp³-hybridized carbons (Fsp3) is 0.571. The first kappa shape index (κ1) is 25.3. The lowest BCUT2D eigenvalue weighted by Gasteiger charge is -2.56. The molecule has 0 radical (unpaired) electrons. The number of aromatic nitrogens is 2. The van der Waals surface area contributed by atoms with Gasteiger partial charge in [-0.15, -0.1) is 0 Å². The summed E-state index contributed by atoms with van der Waals surface area (Å²) >= 11 is 0. The Morgan fingerprint density at radius 1 is 1.20 bits per heavy atom. The van der Waals surface area contributed by atoms with Crippen molar-refractivity contribution >= 4 is 11.8 Å². The Hall–Kier alpha value is -2.80. The van der Waals surface area contributed by atoms with Crippen LogP contribution in [0.5, 0.6) is 0 Å². The zero-order chi connectivity index (χ0) is 25.2. The summed E-state index contributed by atoms with van der Waals surface area (Å²) in [5, 5.41) is 14.8. The largest absolute Gasteiger partial charge is 0.392 e. The molecular weight excluding hydrogens is 440 g/mol. The average molecular weight is 479 g/mol. The van der Waals surface area contributed by atoms with Crippen molar-refractivity contribution in [2.45, 2.75) is 65.1 Å². The highest BCUT2D eigenvalue weighted by Gasteiger charge is 2.54. The number of aliphatic hydroxyl groups excluding tert-OH is 1. The second-order valence-corrected chi connectivity index (χ2v) is 10.9. The molecule has 2 aliphatic carbocycles. The van der Waals surface area contributed by atoms with E-state index >= 15 is 0 Å². The molecule has 7 nitrogen and oxygen atoms in total. The van der Waals surface area contributed by atoms with Gasteiger partial charge in [-0.05, 0) is 54.4 Å². The van der Waals surface area contributed by atoms with Gasteiger partial charge in [-0.25, -0.2) is 4.98 Å². The highest BCUT2D eigenvalue weighted by molar-refractivity contribution is 5.92. The van der Waals surface area contributed by atoms with Gasteiger partial charge in [0.1, 0.15) is 5.69 Å². The summed E-state index contributed by atoms with van der Waals surface area (Å²) in [7, 11) is 1.84. The summed E-state index contributed by atoms with van der Waals surface area (Å²) in [6.07, 6.45) is 7.56. The van der Waals surface area contributed by atoms with E-state index in [1.807, 2.05) is 44.3 Å². The normalized spacial score (nSPS) is 31.2. The van der Waals surface area contributed by atoms with Crippen LogP contribution >= 0.6 is 0 Å². The quantitative estimate of drug-likeness (QED) is 0.660. The number of nitrogens with zero attached hydrogens (tertiary/aromatic N) is 3. The molecule has 35 heavy (non-hydrogen) atoms. The maximum absolute atomic E-state index is 13.3. The first-order valence-electron chi connectivity index (χ1n) is 12.7. The number of hydrogen-bond acceptors (Lipinski definition) is 5. The Bertz CT molecular complexity index is 1020. The number of fused-ring (bicyclic) bond motifs is 1. The van der Waals surface area contributed by atoms with Crippen LogP contribution < -0.4 is 5.32 Å². The van der Waals surface area contributed by atoms with Gasteiger partial charge in [-0.3, -0.25) is 14.6 Å². The van der Waals surface area contributed by atoms with Crippen LogP contribution in [0.1, 0.15) is 62.5 Å². The van der Waals surface area contributed by atoms with Crippen molar-refractivity contribution in [3.8, 4) is 0 Å². The predicted octanol–water partition coefficient (Wildman–Crippen LogP) is 3.69. The minimum Gasteiger partial charge on any atom is -0.392 e. The van der Waals surface area contributed by atoms with Gasteiger partial charge in [-0.1, -0.05) is 51.1 Å². The van der Waals surface area contributed by atoms with E-state index in [9.17, 15) is 14.7 Å². The van der Waals surface area contributed by atoms with Crippen molar-refractivity contribution < 1.29 is 14.7 Å². The predicted molar refractivity (Wildman–Crippen MR) is 134 cm³/mol. The smallest absolute Gasteiger partial charge is 0.271 e. The molecule has 2 saturated carbocycles. The maximum atomic E-state index is 13.3. The molecule has 0 aliphatic heterocycles. The van der Waals surface area contributed by atoms with Gasteiger partial charge < -0.3 is 15.3 Å². The summed E-state index contributed by atoms with van der Waals surface area (Å²) in [5.74, 6) is -0.446. The Balaban J connectivity index is 1.45. The highest BCUT2D eigenvalue weighted by atomic mass is 16.3. The molecule has 0 unspecified atom stereocenters.